The number of rotatable bonds is 5. The summed E-state index contributed by atoms with van der Waals surface area (Å²) in [6.45, 7) is 6.30. The predicted molar refractivity (Wildman–Crippen MR) is 83.2 cm³/mol. The van der Waals surface area contributed by atoms with E-state index in [-0.39, 0.29) is 18.5 Å². The lowest BCUT2D eigenvalue weighted by molar-refractivity contribution is -0.122. The van der Waals surface area contributed by atoms with E-state index in [1.54, 1.807) is 18.5 Å². The van der Waals surface area contributed by atoms with E-state index >= 15 is 0 Å². The lowest BCUT2D eigenvalue weighted by atomic mass is 10.1. The van der Waals surface area contributed by atoms with Gasteiger partial charge in [-0.3, -0.25) is 20.0 Å². The van der Waals surface area contributed by atoms with E-state index in [1.807, 2.05) is 17.0 Å². The maximum atomic E-state index is 12.0. The molecule has 3 N–H and O–H groups in total. The third-order valence-electron chi connectivity index (χ3n) is 3.43. The quantitative estimate of drug-likeness (QED) is 0.669. The second-order valence-corrected chi connectivity index (χ2v) is 5.02. The average molecular weight is 303 g/mol. The zero-order valence-electron chi connectivity index (χ0n) is 12.4. The number of amides is 3. The molecule has 2 heterocycles. The van der Waals surface area contributed by atoms with Crippen LogP contribution >= 0.6 is 0 Å². The van der Waals surface area contributed by atoms with E-state index < -0.39 is 6.03 Å². The van der Waals surface area contributed by atoms with Gasteiger partial charge in [0, 0.05) is 44.6 Å². The molecule has 7 heteroatoms. The molecule has 2 rings (SSSR count). The Morgan fingerprint density at radius 3 is 3.14 bits per heavy atom. The largest absolute Gasteiger partial charge is 0.334 e. The number of pyridine rings is 1. The van der Waals surface area contributed by atoms with Crippen LogP contribution in [0.25, 0.3) is 0 Å². The fourth-order valence-corrected chi connectivity index (χ4v) is 2.40. The van der Waals surface area contributed by atoms with Gasteiger partial charge in [0.1, 0.15) is 0 Å². The number of hydrogen-bond donors (Lipinski definition) is 3. The van der Waals surface area contributed by atoms with Crippen LogP contribution in [0.5, 0.6) is 0 Å². The number of carbonyl (C=O) groups excluding carboxylic acids is 2. The Morgan fingerprint density at radius 2 is 2.41 bits per heavy atom. The number of piperazine rings is 1. The number of urea groups is 1. The molecule has 0 aromatic carbocycles. The molecule has 1 atom stereocenters. The molecule has 1 aliphatic heterocycles. The number of nitrogens with one attached hydrogen (secondary N) is 3. The van der Waals surface area contributed by atoms with Crippen molar-refractivity contribution in [2.75, 3.05) is 32.7 Å². The fourth-order valence-electron chi connectivity index (χ4n) is 2.40. The molecule has 1 aliphatic rings. The van der Waals surface area contributed by atoms with Crippen molar-refractivity contribution in [3.63, 3.8) is 0 Å². The highest BCUT2D eigenvalue weighted by Crippen LogP contribution is 2.20. The highest BCUT2D eigenvalue weighted by atomic mass is 16.2. The van der Waals surface area contributed by atoms with Gasteiger partial charge in [-0.1, -0.05) is 12.1 Å². The first-order valence-electron chi connectivity index (χ1n) is 7.24. The molecule has 22 heavy (non-hydrogen) atoms. The number of nitrogens with zero attached hydrogens (tertiary/aromatic N) is 2. The van der Waals surface area contributed by atoms with Crippen molar-refractivity contribution >= 4 is 11.9 Å². The summed E-state index contributed by atoms with van der Waals surface area (Å²) < 4.78 is 0. The summed E-state index contributed by atoms with van der Waals surface area (Å²) >= 11 is 0. The monoisotopic (exact) mass is 303 g/mol. The van der Waals surface area contributed by atoms with Gasteiger partial charge in [-0.2, -0.15) is 0 Å². The lowest BCUT2D eigenvalue weighted by Gasteiger charge is -2.35. The molecule has 0 saturated carbocycles. The molecule has 1 aromatic rings. The van der Waals surface area contributed by atoms with Gasteiger partial charge in [-0.25, -0.2) is 4.79 Å². The maximum absolute atomic E-state index is 12.0. The SMILES string of the molecule is C=CCNC(=O)NC(=O)CN1CCNCC1c1cccnc1. The first kappa shape index (κ1) is 16.1. The highest BCUT2D eigenvalue weighted by molar-refractivity contribution is 5.95. The molecule has 7 nitrogen and oxygen atoms in total. The second kappa shape index (κ2) is 8.26. The van der Waals surface area contributed by atoms with Gasteiger partial charge in [0.15, 0.2) is 0 Å². The van der Waals surface area contributed by atoms with Crippen molar-refractivity contribution in [2.45, 2.75) is 6.04 Å². The number of carbonyl (C=O) groups is 2. The van der Waals surface area contributed by atoms with Crippen LogP contribution in [0.3, 0.4) is 0 Å². The molecular weight excluding hydrogens is 282 g/mol. The van der Waals surface area contributed by atoms with Crippen LogP contribution in [0.15, 0.2) is 37.2 Å². The van der Waals surface area contributed by atoms with Crippen molar-refractivity contribution < 1.29 is 9.59 Å². The topological polar surface area (TPSA) is 86.4 Å². The molecule has 1 aromatic heterocycles. The minimum absolute atomic E-state index is 0.0736. The molecule has 0 aliphatic carbocycles. The van der Waals surface area contributed by atoms with Crippen LogP contribution in [0, 0.1) is 0 Å². The van der Waals surface area contributed by atoms with Gasteiger partial charge in [0.2, 0.25) is 5.91 Å². The number of imide groups is 1. The van der Waals surface area contributed by atoms with E-state index in [1.165, 1.54) is 0 Å². The summed E-state index contributed by atoms with van der Waals surface area (Å²) in [7, 11) is 0. The fraction of sp³-hybridized carbons (Fsp3) is 0.400. The molecule has 1 saturated heterocycles. The second-order valence-electron chi connectivity index (χ2n) is 5.02. The Bertz CT molecular complexity index is 520. The Morgan fingerprint density at radius 1 is 1.55 bits per heavy atom. The number of hydrogen-bond acceptors (Lipinski definition) is 5. The lowest BCUT2D eigenvalue weighted by Crippen LogP contribution is -2.51. The third kappa shape index (κ3) is 4.64. The standard InChI is InChI=1S/C15H21N5O2/c1-2-5-18-15(22)19-14(21)11-20-8-7-17-10-13(20)12-4-3-6-16-9-12/h2-4,6,9,13,17H,1,5,7-8,10-11H2,(H2,18,19,21,22). The van der Waals surface area contributed by atoms with Gasteiger partial charge in [0.25, 0.3) is 0 Å². The van der Waals surface area contributed by atoms with Crippen LogP contribution < -0.4 is 16.0 Å². The zero-order chi connectivity index (χ0) is 15.8. The first-order valence-corrected chi connectivity index (χ1v) is 7.24. The molecular formula is C15H21N5O2. The van der Waals surface area contributed by atoms with Gasteiger partial charge in [-0.05, 0) is 11.6 Å². The van der Waals surface area contributed by atoms with E-state index in [4.69, 9.17) is 0 Å². The van der Waals surface area contributed by atoms with Gasteiger partial charge in [-0.15, -0.1) is 6.58 Å². The summed E-state index contributed by atoms with van der Waals surface area (Å²) in [4.78, 5) is 29.6. The van der Waals surface area contributed by atoms with Crippen LogP contribution in [-0.4, -0.2) is 54.5 Å². The van der Waals surface area contributed by atoms with Crippen LogP contribution in [0.1, 0.15) is 11.6 Å². The molecule has 0 bridgehead atoms. The predicted octanol–water partition coefficient (Wildman–Crippen LogP) is 0.0397. The Labute approximate surface area is 129 Å². The van der Waals surface area contributed by atoms with Crippen molar-refractivity contribution in [1.82, 2.24) is 25.8 Å². The summed E-state index contributed by atoms with van der Waals surface area (Å²) in [6, 6.07) is 3.44. The zero-order valence-corrected chi connectivity index (χ0v) is 12.4. The Balaban J connectivity index is 1.92. The minimum atomic E-state index is -0.502. The van der Waals surface area contributed by atoms with E-state index in [0.29, 0.717) is 6.54 Å². The highest BCUT2D eigenvalue weighted by Gasteiger charge is 2.25. The van der Waals surface area contributed by atoms with Crippen molar-refractivity contribution in [3.05, 3.63) is 42.7 Å². The maximum Gasteiger partial charge on any atom is 0.321 e. The van der Waals surface area contributed by atoms with E-state index in [9.17, 15) is 9.59 Å². The molecule has 118 valence electrons. The summed E-state index contributed by atoms with van der Waals surface area (Å²) in [5.41, 5.74) is 1.05. The van der Waals surface area contributed by atoms with Gasteiger partial charge >= 0.3 is 6.03 Å². The summed E-state index contributed by atoms with van der Waals surface area (Å²) in [5, 5.41) is 8.15. The van der Waals surface area contributed by atoms with E-state index in [0.717, 1.165) is 25.2 Å². The van der Waals surface area contributed by atoms with Crippen molar-refractivity contribution in [1.29, 1.82) is 0 Å². The van der Waals surface area contributed by atoms with Gasteiger partial charge < -0.3 is 10.6 Å². The van der Waals surface area contributed by atoms with Crippen molar-refractivity contribution in [2.24, 2.45) is 0 Å². The summed E-state index contributed by atoms with van der Waals surface area (Å²) in [5.74, 6) is -0.322. The molecule has 0 radical (unpaired) electrons. The normalized spacial score (nSPS) is 18.5. The number of aromatic nitrogens is 1. The van der Waals surface area contributed by atoms with E-state index in [2.05, 4.69) is 27.5 Å². The van der Waals surface area contributed by atoms with Crippen LogP contribution in [0.4, 0.5) is 4.79 Å². The Hall–Kier alpha value is -2.25. The molecule has 1 unspecified atom stereocenters. The molecule has 3 amide bonds. The molecule has 0 spiro atoms. The van der Waals surface area contributed by atoms with Crippen LogP contribution in [0.2, 0.25) is 0 Å². The summed E-state index contributed by atoms with van der Waals surface area (Å²) in [6.07, 6.45) is 5.08. The van der Waals surface area contributed by atoms with Gasteiger partial charge in [0.05, 0.1) is 6.54 Å². The van der Waals surface area contributed by atoms with Crippen molar-refractivity contribution in [3.8, 4) is 0 Å². The van der Waals surface area contributed by atoms with Crippen LogP contribution in [-0.2, 0) is 4.79 Å². The first-order chi connectivity index (χ1) is 10.7. The minimum Gasteiger partial charge on any atom is -0.334 e. The average Bonchev–Trinajstić information content (AvgIpc) is 2.54. The molecule has 1 fully saturated rings. The third-order valence-corrected chi connectivity index (χ3v) is 3.43. The smallest absolute Gasteiger partial charge is 0.321 e. The Kier molecular flexibility index (Phi) is 6.05.